The Kier molecular flexibility index (Phi) is 5.89. The summed E-state index contributed by atoms with van der Waals surface area (Å²) in [6, 6.07) is 12.5. The van der Waals surface area contributed by atoms with Crippen LogP contribution in [0.5, 0.6) is 0 Å². The van der Waals surface area contributed by atoms with Gasteiger partial charge in [0, 0.05) is 12.9 Å². The molecule has 0 saturated heterocycles. The maximum atomic E-state index is 6.11. The highest BCUT2D eigenvalue weighted by molar-refractivity contribution is 7.88. The first kappa shape index (κ1) is 22.3. The second-order valence-electron chi connectivity index (χ2n) is 10.2. The monoisotopic (exact) mass is 425 g/mol. The average molecular weight is 426 g/mol. The van der Waals surface area contributed by atoms with Crippen LogP contribution in [0.2, 0.25) is 5.02 Å². The van der Waals surface area contributed by atoms with Crippen molar-refractivity contribution >= 4 is 36.0 Å². The van der Waals surface area contributed by atoms with Gasteiger partial charge in [0.25, 0.3) is 0 Å². The van der Waals surface area contributed by atoms with Crippen LogP contribution in [-0.4, -0.2) is 5.45 Å². The Balaban J connectivity index is 2.31. The van der Waals surface area contributed by atoms with Crippen LogP contribution in [-0.2, 0) is 0 Å². The van der Waals surface area contributed by atoms with Crippen molar-refractivity contribution in [2.45, 2.75) is 62.3 Å². The van der Waals surface area contributed by atoms with E-state index < -0.39 is 7.92 Å². The molecule has 0 aromatic heterocycles. The fourth-order valence-corrected chi connectivity index (χ4v) is 7.93. The molecule has 1 aliphatic heterocycles. The molecule has 2 aromatic rings. The van der Waals surface area contributed by atoms with Crippen molar-refractivity contribution in [3.63, 3.8) is 0 Å². The normalized spacial score (nSPS) is 19.0. The molecule has 0 amide bonds. The van der Waals surface area contributed by atoms with Crippen LogP contribution in [0.4, 0.5) is 5.69 Å². The molecule has 0 bridgehead atoms. The van der Waals surface area contributed by atoms with Crippen LogP contribution in [0.3, 0.4) is 0 Å². The second-order valence-corrected chi connectivity index (χ2v) is 12.6. The largest absolute Gasteiger partial charge is 0.248 e. The second kappa shape index (κ2) is 7.68. The minimum Gasteiger partial charge on any atom is -0.248 e. The molecule has 2 aromatic carbocycles. The van der Waals surface area contributed by atoms with Gasteiger partial charge in [-0.1, -0.05) is 70.8 Å². The Hall–Kier alpha value is -1.43. The lowest BCUT2D eigenvalue weighted by atomic mass is 9.80. The Morgan fingerprint density at radius 1 is 0.793 bits per heavy atom. The van der Waals surface area contributed by atoms with Gasteiger partial charge < -0.3 is 0 Å². The van der Waals surface area contributed by atoms with E-state index in [9.17, 15) is 0 Å². The average Bonchev–Trinajstić information content (AvgIpc) is 2.53. The predicted octanol–water partition coefficient (Wildman–Crippen LogP) is 8.46. The van der Waals surface area contributed by atoms with Gasteiger partial charge in [-0.15, -0.1) is 0 Å². The summed E-state index contributed by atoms with van der Waals surface area (Å²) < 4.78 is 0. The number of rotatable bonds is 2. The number of halogens is 1. The SMILES string of the molecule is Cc1cc(C)c(P2C(=Nc3ccc(Cl)cc3)C(C(C)(C)C)=C2C(C)(C)C)c(C)c1. The molecule has 3 heteroatoms. The summed E-state index contributed by atoms with van der Waals surface area (Å²) in [5.74, 6) is 0. The highest BCUT2D eigenvalue weighted by atomic mass is 35.5. The first-order valence-corrected chi connectivity index (χ1v) is 12.0. The minimum atomic E-state index is -0.600. The van der Waals surface area contributed by atoms with Crippen molar-refractivity contribution < 1.29 is 0 Å². The van der Waals surface area contributed by atoms with Gasteiger partial charge in [-0.2, -0.15) is 0 Å². The van der Waals surface area contributed by atoms with Crippen molar-refractivity contribution in [1.29, 1.82) is 0 Å². The van der Waals surface area contributed by atoms with Crippen LogP contribution in [0.15, 0.2) is 52.3 Å². The number of aliphatic imine (C=N–C) groups is 1. The van der Waals surface area contributed by atoms with Crippen LogP contribution in [0.1, 0.15) is 58.2 Å². The van der Waals surface area contributed by atoms with Crippen molar-refractivity contribution in [1.82, 2.24) is 0 Å². The topological polar surface area (TPSA) is 12.4 Å². The molecule has 0 N–H and O–H groups in total. The lowest BCUT2D eigenvalue weighted by molar-refractivity contribution is 0.475. The molecule has 0 spiro atoms. The zero-order chi connectivity index (χ0) is 21.7. The molecule has 29 heavy (non-hydrogen) atoms. The Morgan fingerprint density at radius 3 is 1.76 bits per heavy atom. The molecule has 0 radical (unpaired) electrons. The van der Waals surface area contributed by atoms with E-state index in [0.29, 0.717) is 0 Å². The van der Waals surface area contributed by atoms with Gasteiger partial charge in [0.15, 0.2) is 0 Å². The fraction of sp³-hybridized carbons (Fsp3) is 0.423. The van der Waals surface area contributed by atoms with Gasteiger partial charge in [-0.3, -0.25) is 0 Å². The summed E-state index contributed by atoms with van der Waals surface area (Å²) in [7, 11) is -0.600. The molecule has 1 aliphatic rings. The van der Waals surface area contributed by atoms with E-state index in [4.69, 9.17) is 16.6 Å². The lowest BCUT2D eigenvalue weighted by Crippen LogP contribution is -2.36. The number of aryl methyl sites for hydroxylation is 3. The number of hydrogen-bond donors (Lipinski definition) is 0. The smallest absolute Gasteiger partial charge is 0.0766 e. The van der Waals surface area contributed by atoms with Crippen LogP contribution >= 0.6 is 19.5 Å². The zero-order valence-corrected chi connectivity index (χ0v) is 20.9. The molecule has 1 unspecified atom stereocenters. The number of hydrogen-bond acceptors (Lipinski definition) is 1. The molecule has 1 nitrogen and oxygen atoms in total. The van der Waals surface area contributed by atoms with E-state index in [2.05, 4.69) is 74.4 Å². The van der Waals surface area contributed by atoms with Crippen molar-refractivity contribution in [2.75, 3.05) is 0 Å². The zero-order valence-electron chi connectivity index (χ0n) is 19.2. The van der Waals surface area contributed by atoms with E-state index in [-0.39, 0.29) is 10.8 Å². The molecule has 0 saturated carbocycles. The van der Waals surface area contributed by atoms with Gasteiger partial charge in [0.1, 0.15) is 0 Å². The van der Waals surface area contributed by atoms with Gasteiger partial charge in [0.05, 0.1) is 11.1 Å². The van der Waals surface area contributed by atoms with Gasteiger partial charge in [0.2, 0.25) is 0 Å². The highest BCUT2D eigenvalue weighted by Crippen LogP contribution is 2.68. The molecule has 1 atom stereocenters. The molecule has 1 heterocycles. The molecule has 154 valence electrons. The third-order valence-corrected chi connectivity index (χ3v) is 8.77. The summed E-state index contributed by atoms with van der Waals surface area (Å²) >= 11 is 6.11. The number of nitrogens with zero attached hydrogens (tertiary/aromatic N) is 1. The maximum Gasteiger partial charge on any atom is 0.0766 e. The van der Waals surface area contributed by atoms with E-state index in [0.717, 1.165) is 10.7 Å². The minimum absolute atomic E-state index is 0.0548. The third kappa shape index (κ3) is 4.37. The molecule has 0 fully saturated rings. The van der Waals surface area contributed by atoms with Gasteiger partial charge in [-0.25, -0.2) is 4.99 Å². The maximum absolute atomic E-state index is 6.11. The van der Waals surface area contributed by atoms with Crippen molar-refractivity contribution in [3.8, 4) is 0 Å². The standard InChI is InChI=1S/C26H33ClNP/c1-16-14-17(2)22(18(3)15-16)29-23(26(7,8)9)21(25(4,5)6)24(29)28-20-12-10-19(27)11-13-20/h10-15H,1-9H3. The summed E-state index contributed by atoms with van der Waals surface area (Å²) in [5, 5.41) is 3.82. The van der Waals surface area contributed by atoms with E-state index in [1.165, 1.54) is 33.0 Å². The lowest BCUT2D eigenvalue weighted by Gasteiger charge is -2.48. The Labute approximate surface area is 183 Å². The van der Waals surface area contributed by atoms with Crippen molar-refractivity contribution in [2.24, 2.45) is 15.8 Å². The quantitative estimate of drug-likeness (QED) is 0.428. The van der Waals surface area contributed by atoms with Gasteiger partial charge >= 0.3 is 0 Å². The Bertz CT molecular complexity index is 975. The number of benzene rings is 2. The summed E-state index contributed by atoms with van der Waals surface area (Å²) in [6.45, 7) is 20.7. The predicted molar refractivity (Wildman–Crippen MR) is 132 cm³/mol. The molecular weight excluding hydrogens is 393 g/mol. The van der Waals surface area contributed by atoms with E-state index in [1.54, 1.807) is 5.31 Å². The first-order valence-electron chi connectivity index (χ1n) is 10.3. The molecule has 0 aliphatic carbocycles. The third-order valence-electron chi connectivity index (χ3n) is 5.28. The number of allylic oxidation sites excluding steroid dienone is 2. The molecule has 3 rings (SSSR count). The van der Waals surface area contributed by atoms with E-state index in [1.807, 2.05) is 24.3 Å². The van der Waals surface area contributed by atoms with Crippen LogP contribution in [0.25, 0.3) is 0 Å². The highest BCUT2D eigenvalue weighted by Gasteiger charge is 2.47. The van der Waals surface area contributed by atoms with Crippen molar-refractivity contribution in [3.05, 3.63) is 69.0 Å². The summed E-state index contributed by atoms with van der Waals surface area (Å²) in [5.41, 5.74) is 7.94. The summed E-state index contributed by atoms with van der Waals surface area (Å²) in [6.07, 6.45) is 0. The van der Waals surface area contributed by atoms with E-state index >= 15 is 0 Å². The first-order chi connectivity index (χ1) is 13.3. The van der Waals surface area contributed by atoms with Gasteiger partial charge in [-0.05, 0) is 83.2 Å². The van der Waals surface area contributed by atoms with Crippen LogP contribution < -0.4 is 5.30 Å². The molecular formula is C26H33ClNP. The Morgan fingerprint density at radius 2 is 1.31 bits per heavy atom. The summed E-state index contributed by atoms with van der Waals surface area (Å²) in [4.78, 5) is 5.21. The van der Waals surface area contributed by atoms with Crippen LogP contribution in [0, 0.1) is 31.6 Å². The fourth-order valence-electron chi connectivity index (χ4n) is 4.27.